The Morgan fingerprint density at radius 1 is 0.839 bits per heavy atom. The summed E-state index contributed by atoms with van der Waals surface area (Å²) >= 11 is 0. The first-order valence-corrected chi connectivity index (χ1v) is 9.69. The third-order valence-corrected chi connectivity index (χ3v) is 5.04. The van der Waals surface area contributed by atoms with Crippen LogP contribution in [0.15, 0.2) is 72.8 Å². The summed E-state index contributed by atoms with van der Waals surface area (Å²) in [4.78, 5) is 9.27. The molecule has 31 heavy (non-hydrogen) atoms. The van der Waals surface area contributed by atoms with Crippen LogP contribution in [0.4, 0.5) is 20.5 Å². The van der Waals surface area contributed by atoms with Gasteiger partial charge < -0.3 is 5.32 Å². The average molecular weight is 413 g/mol. The van der Waals surface area contributed by atoms with Crippen LogP contribution in [0.2, 0.25) is 0 Å². The lowest BCUT2D eigenvalue weighted by atomic mass is 10.0. The van der Waals surface area contributed by atoms with E-state index in [1.165, 1.54) is 6.07 Å². The molecule has 0 aliphatic carbocycles. The van der Waals surface area contributed by atoms with E-state index in [9.17, 15) is 8.78 Å². The van der Waals surface area contributed by atoms with Gasteiger partial charge in [-0.2, -0.15) is 5.10 Å². The SMILES string of the molecule is Cc1ccccc1-c1cc(-c2ccccc2)nc(Nc2n[nH]c3c(F)cc(F)cc23)n1. The largest absolute Gasteiger partial charge is 0.307 e. The Labute approximate surface area is 176 Å². The fourth-order valence-corrected chi connectivity index (χ4v) is 3.51. The molecule has 0 spiro atoms. The molecular weight excluding hydrogens is 396 g/mol. The van der Waals surface area contributed by atoms with Gasteiger partial charge in [0, 0.05) is 17.2 Å². The smallest absolute Gasteiger partial charge is 0.229 e. The van der Waals surface area contributed by atoms with Gasteiger partial charge in [-0.05, 0) is 24.6 Å². The molecule has 2 aromatic heterocycles. The van der Waals surface area contributed by atoms with E-state index < -0.39 is 11.6 Å². The minimum atomic E-state index is -0.713. The topological polar surface area (TPSA) is 66.5 Å². The van der Waals surface area contributed by atoms with Crippen molar-refractivity contribution in [3.8, 4) is 22.5 Å². The van der Waals surface area contributed by atoms with Crippen LogP contribution in [-0.2, 0) is 0 Å². The van der Waals surface area contributed by atoms with Crippen LogP contribution < -0.4 is 5.32 Å². The monoisotopic (exact) mass is 413 g/mol. The maximum atomic E-state index is 14.0. The molecule has 2 N–H and O–H groups in total. The van der Waals surface area contributed by atoms with Gasteiger partial charge in [-0.25, -0.2) is 18.7 Å². The molecule has 0 aliphatic rings. The molecule has 0 amide bonds. The molecule has 0 bridgehead atoms. The Morgan fingerprint density at radius 2 is 1.58 bits per heavy atom. The molecule has 5 nitrogen and oxygen atoms in total. The zero-order chi connectivity index (χ0) is 21.4. The molecule has 0 saturated heterocycles. The van der Waals surface area contributed by atoms with E-state index in [1.807, 2.05) is 67.6 Å². The summed E-state index contributed by atoms with van der Waals surface area (Å²) < 4.78 is 27.8. The number of nitrogens with zero attached hydrogens (tertiary/aromatic N) is 3. The molecule has 5 rings (SSSR count). The molecule has 0 aliphatic heterocycles. The summed E-state index contributed by atoms with van der Waals surface area (Å²) in [6, 6.07) is 21.6. The lowest BCUT2D eigenvalue weighted by Crippen LogP contribution is -2.01. The van der Waals surface area contributed by atoms with Crippen LogP contribution >= 0.6 is 0 Å². The normalized spacial score (nSPS) is 11.1. The number of aromatic amines is 1. The first-order valence-electron chi connectivity index (χ1n) is 9.69. The zero-order valence-corrected chi connectivity index (χ0v) is 16.5. The van der Waals surface area contributed by atoms with E-state index >= 15 is 0 Å². The highest BCUT2D eigenvalue weighted by atomic mass is 19.1. The quantitative estimate of drug-likeness (QED) is 0.378. The molecule has 5 aromatic rings. The third-order valence-electron chi connectivity index (χ3n) is 5.04. The van der Waals surface area contributed by atoms with Crippen molar-refractivity contribution in [1.29, 1.82) is 0 Å². The number of nitrogens with one attached hydrogen (secondary N) is 2. The van der Waals surface area contributed by atoms with E-state index in [1.54, 1.807) is 0 Å². The van der Waals surface area contributed by atoms with Crippen molar-refractivity contribution in [3.63, 3.8) is 0 Å². The van der Waals surface area contributed by atoms with Gasteiger partial charge in [0.1, 0.15) is 11.3 Å². The summed E-state index contributed by atoms with van der Waals surface area (Å²) in [7, 11) is 0. The van der Waals surface area contributed by atoms with Gasteiger partial charge in [0.25, 0.3) is 0 Å². The first kappa shape index (κ1) is 18.9. The van der Waals surface area contributed by atoms with Crippen LogP contribution in [0.5, 0.6) is 0 Å². The number of anilines is 2. The second-order valence-corrected chi connectivity index (χ2v) is 7.15. The van der Waals surface area contributed by atoms with E-state index in [-0.39, 0.29) is 22.7 Å². The van der Waals surface area contributed by atoms with Crippen LogP contribution in [0.25, 0.3) is 33.4 Å². The Kier molecular flexibility index (Phi) is 4.63. The minimum absolute atomic E-state index is 0.113. The number of fused-ring (bicyclic) bond motifs is 1. The van der Waals surface area contributed by atoms with Crippen molar-refractivity contribution in [2.45, 2.75) is 6.92 Å². The van der Waals surface area contributed by atoms with E-state index in [0.717, 1.165) is 28.5 Å². The standard InChI is InChI=1S/C24H17F2N5/c1-14-7-5-6-10-17(14)21-13-20(15-8-3-2-4-9-15)27-24(28-21)29-23-18-11-16(25)12-19(26)22(18)30-31-23/h2-13H,1H3,(H2,27,28,29,30,31). The summed E-state index contributed by atoms with van der Waals surface area (Å²) in [6.45, 7) is 2.01. The number of H-pyrrole nitrogens is 1. The van der Waals surface area contributed by atoms with Crippen LogP contribution in [0.1, 0.15) is 5.56 Å². The molecule has 0 unspecified atom stereocenters. The lowest BCUT2D eigenvalue weighted by molar-refractivity contribution is 0.590. The van der Waals surface area contributed by atoms with Gasteiger partial charge in [0.2, 0.25) is 5.95 Å². The highest BCUT2D eigenvalue weighted by Gasteiger charge is 2.15. The molecule has 0 fully saturated rings. The zero-order valence-electron chi connectivity index (χ0n) is 16.5. The molecule has 0 radical (unpaired) electrons. The van der Waals surface area contributed by atoms with Crippen LogP contribution in [0, 0.1) is 18.6 Å². The maximum Gasteiger partial charge on any atom is 0.229 e. The third kappa shape index (κ3) is 3.61. The maximum absolute atomic E-state index is 14.0. The number of aryl methyl sites for hydroxylation is 1. The van der Waals surface area contributed by atoms with Crippen molar-refractivity contribution in [2.75, 3.05) is 5.32 Å². The van der Waals surface area contributed by atoms with E-state index in [0.29, 0.717) is 5.69 Å². The van der Waals surface area contributed by atoms with E-state index in [2.05, 4.69) is 25.5 Å². The molecular formula is C24H17F2N5. The van der Waals surface area contributed by atoms with Crippen molar-refractivity contribution >= 4 is 22.7 Å². The summed E-state index contributed by atoms with van der Waals surface area (Å²) in [6.07, 6.45) is 0. The van der Waals surface area contributed by atoms with Gasteiger partial charge in [0.05, 0.1) is 16.8 Å². The molecule has 7 heteroatoms. The highest BCUT2D eigenvalue weighted by molar-refractivity contribution is 5.91. The van der Waals surface area contributed by atoms with Gasteiger partial charge in [-0.15, -0.1) is 0 Å². The van der Waals surface area contributed by atoms with Gasteiger partial charge in [0.15, 0.2) is 11.6 Å². The number of rotatable bonds is 4. The van der Waals surface area contributed by atoms with E-state index in [4.69, 9.17) is 0 Å². The number of hydrogen-bond acceptors (Lipinski definition) is 4. The van der Waals surface area contributed by atoms with Crippen molar-refractivity contribution in [2.24, 2.45) is 0 Å². The second kappa shape index (κ2) is 7.60. The molecule has 0 atom stereocenters. The van der Waals surface area contributed by atoms with Gasteiger partial charge in [-0.3, -0.25) is 5.10 Å². The van der Waals surface area contributed by atoms with Crippen molar-refractivity contribution in [3.05, 3.63) is 90.0 Å². The molecule has 0 saturated carbocycles. The van der Waals surface area contributed by atoms with Crippen LogP contribution in [0.3, 0.4) is 0 Å². The van der Waals surface area contributed by atoms with Gasteiger partial charge >= 0.3 is 0 Å². The number of hydrogen-bond donors (Lipinski definition) is 2. The fraction of sp³-hybridized carbons (Fsp3) is 0.0417. The molecule has 3 aromatic carbocycles. The fourth-order valence-electron chi connectivity index (χ4n) is 3.51. The summed E-state index contributed by atoms with van der Waals surface area (Å²) in [5.41, 5.74) is 4.52. The Bertz CT molecular complexity index is 1400. The second-order valence-electron chi connectivity index (χ2n) is 7.15. The average Bonchev–Trinajstić information content (AvgIpc) is 3.17. The molecule has 2 heterocycles. The minimum Gasteiger partial charge on any atom is -0.307 e. The van der Waals surface area contributed by atoms with Crippen LogP contribution in [-0.4, -0.2) is 20.2 Å². The predicted molar refractivity (Wildman–Crippen MR) is 117 cm³/mol. The number of aromatic nitrogens is 4. The number of halogens is 2. The molecule has 152 valence electrons. The van der Waals surface area contributed by atoms with Gasteiger partial charge in [-0.1, -0.05) is 54.6 Å². The van der Waals surface area contributed by atoms with Crippen molar-refractivity contribution < 1.29 is 8.78 Å². The summed E-state index contributed by atoms with van der Waals surface area (Å²) in [5.74, 6) is -0.879. The summed E-state index contributed by atoms with van der Waals surface area (Å²) in [5, 5.41) is 9.99. The Morgan fingerprint density at radius 3 is 2.39 bits per heavy atom. The Balaban J connectivity index is 1.65. The predicted octanol–water partition coefficient (Wildman–Crippen LogP) is 6.02. The number of benzene rings is 3. The van der Waals surface area contributed by atoms with Crippen molar-refractivity contribution in [1.82, 2.24) is 20.2 Å². The Hall–Kier alpha value is -4.13. The first-order chi connectivity index (χ1) is 15.1. The lowest BCUT2D eigenvalue weighted by Gasteiger charge is -2.11. The highest BCUT2D eigenvalue weighted by Crippen LogP contribution is 2.30.